The summed E-state index contributed by atoms with van der Waals surface area (Å²) in [7, 11) is 0. The lowest BCUT2D eigenvalue weighted by Crippen LogP contribution is -1.95. The number of rotatable bonds is 5. The fourth-order valence-corrected chi connectivity index (χ4v) is 2.65. The van der Waals surface area contributed by atoms with Gasteiger partial charge in [-0.1, -0.05) is 68.4 Å². The van der Waals surface area contributed by atoms with Crippen molar-refractivity contribution in [1.82, 2.24) is 9.97 Å². The van der Waals surface area contributed by atoms with E-state index in [4.69, 9.17) is 0 Å². The van der Waals surface area contributed by atoms with Crippen LogP contribution in [0.2, 0.25) is 0 Å². The van der Waals surface area contributed by atoms with Gasteiger partial charge in [0.05, 0.1) is 11.9 Å². The lowest BCUT2D eigenvalue weighted by atomic mass is 9.97. The molecule has 2 nitrogen and oxygen atoms in total. The standard InChI is InChI=1S/C20H22N2/c1-15(2)12-13-16-8-6-7-11-18(16)19-14-21-20(22-19)17-9-4-3-5-10-17/h3-11,14-15H,12-13H2,1-2H3,(H,21,22). The van der Waals surface area contributed by atoms with Crippen LogP contribution in [-0.2, 0) is 6.42 Å². The van der Waals surface area contributed by atoms with Crippen LogP contribution in [0.3, 0.4) is 0 Å². The zero-order valence-electron chi connectivity index (χ0n) is 13.2. The minimum absolute atomic E-state index is 0.717. The topological polar surface area (TPSA) is 28.7 Å². The largest absolute Gasteiger partial charge is 0.338 e. The minimum atomic E-state index is 0.717. The van der Waals surface area contributed by atoms with E-state index >= 15 is 0 Å². The number of imidazole rings is 1. The molecule has 0 radical (unpaired) electrons. The summed E-state index contributed by atoms with van der Waals surface area (Å²) in [5.74, 6) is 1.64. The number of benzene rings is 2. The van der Waals surface area contributed by atoms with Crippen LogP contribution in [-0.4, -0.2) is 9.97 Å². The molecule has 1 N–H and O–H groups in total. The molecule has 0 unspecified atom stereocenters. The number of hydrogen-bond acceptors (Lipinski definition) is 1. The monoisotopic (exact) mass is 290 g/mol. The molecule has 2 heteroatoms. The summed E-state index contributed by atoms with van der Waals surface area (Å²) >= 11 is 0. The Kier molecular flexibility index (Phi) is 4.38. The summed E-state index contributed by atoms with van der Waals surface area (Å²) in [6.45, 7) is 4.54. The van der Waals surface area contributed by atoms with E-state index in [0.29, 0.717) is 0 Å². The van der Waals surface area contributed by atoms with Crippen molar-refractivity contribution in [3.63, 3.8) is 0 Å². The molecule has 0 aliphatic rings. The number of nitrogens with one attached hydrogen (secondary N) is 1. The van der Waals surface area contributed by atoms with Gasteiger partial charge < -0.3 is 4.98 Å². The lowest BCUT2D eigenvalue weighted by molar-refractivity contribution is 0.587. The molecule has 112 valence electrons. The highest BCUT2D eigenvalue weighted by Crippen LogP contribution is 2.26. The summed E-state index contributed by atoms with van der Waals surface area (Å²) in [6.07, 6.45) is 4.25. The Bertz CT molecular complexity index is 726. The number of aromatic nitrogens is 2. The number of aryl methyl sites for hydroxylation is 1. The van der Waals surface area contributed by atoms with Crippen molar-refractivity contribution in [1.29, 1.82) is 0 Å². The van der Waals surface area contributed by atoms with Gasteiger partial charge in [-0.05, 0) is 24.3 Å². The molecule has 0 bridgehead atoms. The summed E-state index contributed by atoms with van der Waals surface area (Å²) in [5.41, 5.74) is 4.86. The van der Waals surface area contributed by atoms with Crippen LogP contribution in [0.5, 0.6) is 0 Å². The Hall–Kier alpha value is -2.35. The smallest absolute Gasteiger partial charge is 0.137 e. The Morgan fingerprint density at radius 1 is 0.955 bits per heavy atom. The van der Waals surface area contributed by atoms with Crippen LogP contribution in [0.25, 0.3) is 22.6 Å². The molecule has 0 atom stereocenters. The Labute approximate surface area is 132 Å². The maximum atomic E-state index is 4.54. The fourth-order valence-electron chi connectivity index (χ4n) is 2.65. The second kappa shape index (κ2) is 6.61. The van der Waals surface area contributed by atoms with E-state index in [2.05, 4.69) is 60.2 Å². The molecule has 0 spiro atoms. The molecule has 0 fully saturated rings. The third-order valence-electron chi connectivity index (χ3n) is 3.92. The third kappa shape index (κ3) is 3.28. The quantitative estimate of drug-likeness (QED) is 0.675. The predicted octanol–water partition coefficient (Wildman–Crippen LogP) is 5.33. The summed E-state index contributed by atoms with van der Waals surface area (Å²) in [5, 5.41) is 0. The van der Waals surface area contributed by atoms with Crippen molar-refractivity contribution in [2.24, 2.45) is 5.92 Å². The first-order valence-electron chi connectivity index (χ1n) is 7.93. The van der Waals surface area contributed by atoms with Gasteiger partial charge in [0.2, 0.25) is 0 Å². The van der Waals surface area contributed by atoms with Crippen molar-refractivity contribution in [2.75, 3.05) is 0 Å². The average Bonchev–Trinajstić information content (AvgIpc) is 3.04. The van der Waals surface area contributed by atoms with E-state index in [0.717, 1.165) is 29.4 Å². The highest BCUT2D eigenvalue weighted by Gasteiger charge is 2.09. The van der Waals surface area contributed by atoms with E-state index in [-0.39, 0.29) is 0 Å². The molecular formula is C20H22N2. The van der Waals surface area contributed by atoms with Gasteiger partial charge in [-0.15, -0.1) is 0 Å². The first-order chi connectivity index (χ1) is 10.7. The molecule has 0 saturated carbocycles. The van der Waals surface area contributed by atoms with Gasteiger partial charge in [0.25, 0.3) is 0 Å². The highest BCUT2D eigenvalue weighted by molar-refractivity contribution is 5.67. The van der Waals surface area contributed by atoms with Crippen molar-refractivity contribution in [3.8, 4) is 22.6 Å². The summed E-state index contributed by atoms with van der Waals surface area (Å²) in [4.78, 5) is 8.01. The molecule has 3 aromatic rings. The van der Waals surface area contributed by atoms with Gasteiger partial charge in [0.15, 0.2) is 0 Å². The Morgan fingerprint density at radius 3 is 2.45 bits per heavy atom. The molecule has 2 aromatic carbocycles. The second-order valence-corrected chi connectivity index (χ2v) is 6.10. The first kappa shape index (κ1) is 14.6. The lowest BCUT2D eigenvalue weighted by Gasteiger charge is -2.09. The molecule has 0 aliphatic heterocycles. The van der Waals surface area contributed by atoms with Gasteiger partial charge in [-0.3, -0.25) is 0 Å². The summed E-state index contributed by atoms with van der Waals surface area (Å²) in [6, 6.07) is 18.9. The molecular weight excluding hydrogens is 268 g/mol. The van der Waals surface area contributed by atoms with Crippen molar-refractivity contribution in [2.45, 2.75) is 26.7 Å². The molecule has 0 saturated heterocycles. The van der Waals surface area contributed by atoms with Crippen molar-refractivity contribution >= 4 is 0 Å². The van der Waals surface area contributed by atoms with Crippen LogP contribution in [0.1, 0.15) is 25.8 Å². The van der Waals surface area contributed by atoms with Gasteiger partial charge >= 0.3 is 0 Å². The SMILES string of the molecule is CC(C)CCc1ccccc1-c1cnc(-c2ccccc2)[nH]1. The second-order valence-electron chi connectivity index (χ2n) is 6.10. The van der Waals surface area contributed by atoms with Crippen LogP contribution < -0.4 is 0 Å². The Morgan fingerprint density at radius 2 is 1.68 bits per heavy atom. The molecule has 1 heterocycles. The first-order valence-corrected chi connectivity index (χ1v) is 7.93. The molecule has 3 rings (SSSR count). The third-order valence-corrected chi connectivity index (χ3v) is 3.92. The predicted molar refractivity (Wildman–Crippen MR) is 92.6 cm³/mol. The number of hydrogen-bond donors (Lipinski definition) is 1. The summed E-state index contributed by atoms with van der Waals surface area (Å²) < 4.78 is 0. The highest BCUT2D eigenvalue weighted by atomic mass is 14.9. The zero-order valence-corrected chi connectivity index (χ0v) is 13.2. The van der Waals surface area contributed by atoms with Crippen LogP contribution in [0.4, 0.5) is 0 Å². The van der Waals surface area contributed by atoms with Gasteiger partial charge in [0.1, 0.15) is 5.82 Å². The van der Waals surface area contributed by atoms with Gasteiger partial charge in [-0.2, -0.15) is 0 Å². The molecule has 0 aliphatic carbocycles. The van der Waals surface area contributed by atoms with E-state index in [9.17, 15) is 0 Å². The fraction of sp³-hybridized carbons (Fsp3) is 0.250. The van der Waals surface area contributed by atoms with E-state index < -0.39 is 0 Å². The van der Waals surface area contributed by atoms with Crippen LogP contribution >= 0.6 is 0 Å². The van der Waals surface area contributed by atoms with E-state index in [1.165, 1.54) is 17.5 Å². The minimum Gasteiger partial charge on any atom is -0.338 e. The van der Waals surface area contributed by atoms with Crippen molar-refractivity contribution < 1.29 is 0 Å². The molecule has 0 amide bonds. The van der Waals surface area contributed by atoms with E-state index in [1.54, 1.807) is 0 Å². The van der Waals surface area contributed by atoms with E-state index in [1.807, 2.05) is 24.4 Å². The van der Waals surface area contributed by atoms with Crippen LogP contribution in [0.15, 0.2) is 60.8 Å². The maximum absolute atomic E-state index is 4.54. The van der Waals surface area contributed by atoms with Gasteiger partial charge in [0, 0.05) is 11.1 Å². The van der Waals surface area contributed by atoms with Crippen molar-refractivity contribution in [3.05, 3.63) is 66.4 Å². The van der Waals surface area contributed by atoms with Crippen LogP contribution in [0, 0.1) is 5.92 Å². The Balaban J connectivity index is 1.90. The zero-order chi connectivity index (χ0) is 15.4. The van der Waals surface area contributed by atoms with Gasteiger partial charge in [-0.25, -0.2) is 4.98 Å². The molecule has 1 aromatic heterocycles. The average molecular weight is 290 g/mol. The normalized spacial score (nSPS) is 11.0. The number of nitrogens with zero attached hydrogens (tertiary/aromatic N) is 1. The maximum Gasteiger partial charge on any atom is 0.137 e. The molecule has 22 heavy (non-hydrogen) atoms. The number of H-pyrrole nitrogens is 1. The number of aromatic amines is 1.